The molecule has 0 aliphatic carbocycles. The summed E-state index contributed by atoms with van der Waals surface area (Å²) in [5, 5.41) is 9.17. The summed E-state index contributed by atoms with van der Waals surface area (Å²) in [6, 6.07) is 7.82. The molecule has 1 aromatic carbocycles. The number of aryl methyl sites for hydroxylation is 1. The first-order valence-electron chi connectivity index (χ1n) is 7.13. The summed E-state index contributed by atoms with van der Waals surface area (Å²) in [6.45, 7) is 6.04. The number of hydrogen-bond donors (Lipinski definition) is 1. The molecule has 1 saturated heterocycles. The fourth-order valence-electron chi connectivity index (χ4n) is 2.68. The lowest BCUT2D eigenvalue weighted by atomic mass is 10.0. The van der Waals surface area contributed by atoms with Gasteiger partial charge in [0.15, 0.2) is 5.78 Å². The topological polar surface area (TPSA) is 40.5 Å². The fraction of sp³-hybridized carbons (Fsp3) is 0.562. The molecule has 104 valence electrons. The van der Waals surface area contributed by atoms with E-state index in [1.807, 2.05) is 31.2 Å². The molecule has 3 nitrogen and oxygen atoms in total. The summed E-state index contributed by atoms with van der Waals surface area (Å²) >= 11 is 0. The van der Waals surface area contributed by atoms with E-state index in [1.54, 1.807) is 0 Å². The van der Waals surface area contributed by atoms with Gasteiger partial charge in [0.2, 0.25) is 0 Å². The van der Waals surface area contributed by atoms with Crippen LogP contribution in [0, 0.1) is 5.92 Å². The maximum Gasteiger partial charge on any atom is 0.179 e. The van der Waals surface area contributed by atoms with Crippen LogP contribution in [0.5, 0.6) is 0 Å². The summed E-state index contributed by atoms with van der Waals surface area (Å²) in [7, 11) is 0. The Morgan fingerprint density at radius 2 is 2.11 bits per heavy atom. The maximum atomic E-state index is 12.4. The minimum atomic E-state index is -0.0935. The number of benzene rings is 1. The number of rotatable bonds is 5. The molecular weight excluding hydrogens is 238 g/mol. The molecule has 2 atom stereocenters. The third kappa shape index (κ3) is 3.23. The van der Waals surface area contributed by atoms with Gasteiger partial charge in [-0.3, -0.25) is 9.69 Å². The summed E-state index contributed by atoms with van der Waals surface area (Å²) in [5.74, 6) is 0.513. The molecule has 1 fully saturated rings. The number of aliphatic hydroxyl groups is 1. The molecule has 3 heteroatoms. The molecule has 19 heavy (non-hydrogen) atoms. The molecule has 1 heterocycles. The lowest BCUT2D eigenvalue weighted by Crippen LogP contribution is -2.37. The van der Waals surface area contributed by atoms with Gasteiger partial charge in [-0.25, -0.2) is 0 Å². The number of likely N-dealkylation sites (tertiary alicyclic amines) is 1. The van der Waals surface area contributed by atoms with Crippen molar-refractivity contribution in [3.05, 3.63) is 35.4 Å². The molecule has 1 N–H and O–H groups in total. The Morgan fingerprint density at radius 1 is 1.42 bits per heavy atom. The number of hydrogen-bond acceptors (Lipinski definition) is 3. The summed E-state index contributed by atoms with van der Waals surface area (Å²) in [4.78, 5) is 14.6. The molecule has 1 aromatic rings. The van der Waals surface area contributed by atoms with Crippen molar-refractivity contribution in [1.82, 2.24) is 4.90 Å². The van der Waals surface area contributed by atoms with Gasteiger partial charge in [-0.15, -0.1) is 0 Å². The van der Waals surface area contributed by atoms with Crippen molar-refractivity contribution < 1.29 is 9.90 Å². The van der Waals surface area contributed by atoms with Crippen LogP contribution in [-0.2, 0) is 6.42 Å². The van der Waals surface area contributed by atoms with E-state index < -0.39 is 0 Å². The van der Waals surface area contributed by atoms with Gasteiger partial charge in [-0.1, -0.05) is 31.2 Å². The maximum absolute atomic E-state index is 12.4. The Bertz CT molecular complexity index is 427. The molecule has 1 aliphatic rings. The normalized spacial score (nSPS) is 21.5. The summed E-state index contributed by atoms with van der Waals surface area (Å²) < 4.78 is 0. The van der Waals surface area contributed by atoms with E-state index in [9.17, 15) is 4.79 Å². The molecule has 1 aliphatic heterocycles. The van der Waals surface area contributed by atoms with Crippen molar-refractivity contribution in [3.8, 4) is 0 Å². The fourth-order valence-corrected chi connectivity index (χ4v) is 2.68. The third-order valence-corrected chi connectivity index (χ3v) is 4.15. The van der Waals surface area contributed by atoms with Gasteiger partial charge in [0.05, 0.1) is 6.04 Å². The van der Waals surface area contributed by atoms with E-state index in [0.717, 1.165) is 31.5 Å². The van der Waals surface area contributed by atoms with Crippen LogP contribution in [0.25, 0.3) is 0 Å². The van der Waals surface area contributed by atoms with Gasteiger partial charge in [-0.2, -0.15) is 0 Å². The molecule has 0 amide bonds. The minimum absolute atomic E-state index is 0.0935. The average Bonchev–Trinajstić information content (AvgIpc) is 2.94. The van der Waals surface area contributed by atoms with Crippen LogP contribution in [0.3, 0.4) is 0 Å². The van der Waals surface area contributed by atoms with Crippen LogP contribution in [0.15, 0.2) is 24.3 Å². The number of ketones is 1. The van der Waals surface area contributed by atoms with Crippen LogP contribution in [0.2, 0.25) is 0 Å². The van der Waals surface area contributed by atoms with Crippen LogP contribution in [-0.4, -0.2) is 41.5 Å². The van der Waals surface area contributed by atoms with Crippen molar-refractivity contribution in [2.45, 2.75) is 32.7 Å². The average molecular weight is 261 g/mol. The number of carbonyl (C=O) groups excluding carboxylic acids is 1. The minimum Gasteiger partial charge on any atom is -0.396 e. The second-order valence-corrected chi connectivity index (χ2v) is 5.42. The van der Waals surface area contributed by atoms with Gasteiger partial charge in [0, 0.05) is 18.7 Å². The van der Waals surface area contributed by atoms with E-state index in [1.165, 1.54) is 5.56 Å². The van der Waals surface area contributed by atoms with Crippen molar-refractivity contribution in [2.75, 3.05) is 19.7 Å². The Hall–Kier alpha value is -1.19. The second kappa shape index (κ2) is 6.31. The van der Waals surface area contributed by atoms with Crippen molar-refractivity contribution in [1.29, 1.82) is 0 Å². The van der Waals surface area contributed by atoms with Crippen molar-refractivity contribution in [3.63, 3.8) is 0 Å². The summed E-state index contributed by atoms with van der Waals surface area (Å²) in [5.41, 5.74) is 2.04. The van der Waals surface area contributed by atoms with Crippen LogP contribution < -0.4 is 0 Å². The first kappa shape index (κ1) is 14.2. The Morgan fingerprint density at radius 3 is 2.63 bits per heavy atom. The molecular formula is C16H23NO2. The molecule has 0 spiro atoms. The SMILES string of the molecule is CCc1ccc(C(=O)C(C)N2CCC(CO)C2)cc1. The van der Waals surface area contributed by atoms with E-state index in [-0.39, 0.29) is 18.4 Å². The molecule has 2 unspecified atom stereocenters. The number of carbonyl (C=O) groups is 1. The van der Waals surface area contributed by atoms with Gasteiger partial charge in [0.1, 0.15) is 0 Å². The van der Waals surface area contributed by atoms with Crippen molar-refractivity contribution >= 4 is 5.78 Å². The van der Waals surface area contributed by atoms with Crippen molar-refractivity contribution in [2.24, 2.45) is 5.92 Å². The highest BCUT2D eigenvalue weighted by Crippen LogP contribution is 2.20. The van der Waals surface area contributed by atoms with Crippen LogP contribution >= 0.6 is 0 Å². The highest BCUT2D eigenvalue weighted by atomic mass is 16.3. The van der Waals surface area contributed by atoms with Gasteiger partial charge in [-0.05, 0) is 37.8 Å². The van der Waals surface area contributed by atoms with Gasteiger partial charge < -0.3 is 5.11 Å². The standard InChI is InChI=1S/C16H23NO2/c1-3-13-4-6-15(7-5-13)16(19)12(2)17-9-8-14(10-17)11-18/h4-7,12,14,18H,3,8-11H2,1-2H3. The quantitative estimate of drug-likeness (QED) is 0.826. The lowest BCUT2D eigenvalue weighted by molar-refractivity contribution is 0.0858. The van der Waals surface area contributed by atoms with E-state index in [4.69, 9.17) is 5.11 Å². The largest absolute Gasteiger partial charge is 0.396 e. The zero-order valence-electron chi connectivity index (χ0n) is 11.8. The lowest BCUT2D eigenvalue weighted by Gasteiger charge is -2.23. The molecule has 2 rings (SSSR count). The van der Waals surface area contributed by atoms with Gasteiger partial charge >= 0.3 is 0 Å². The Kier molecular flexibility index (Phi) is 4.72. The second-order valence-electron chi connectivity index (χ2n) is 5.42. The first-order chi connectivity index (χ1) is 9.15. The molecule has 0 saturated carbocycles. The van der Waals surface area contributed by atoms with E-state index in [2.05, 4.69) is 11.8 Å². The molecule has 0 aromatic heterocycles. The van der Waals surface area contributed by atoms with Gasteiger partial charge in [0.25, 0.3) is 0 Å². The zero-order valence-corrected chi connectivity index (χ0v) is 11.8. The highest BCUT2D eigenvalue weighted by molar-refractivity contribution is 5.99. The third-order valence-electron chi connectivity index (χ3n) is 4.15. The molecule has 0 radical (unpaired) electrons. The predicted octanol–water partition coefficient (Wildman–Crippen LogP) is 2.13. The smallest absolute Gasteiger partial charge is 0.179 e. The zero-order chi connectivity index (χ0) is 13.8. The first-order valence-corrected chi connectivity index (χ1v) is 7.13. The molecule has 0 bridgehead atoms. The van der Waals surface area contributed by atoms with Crippen LogP contribution in [0.4, 0.5) is 0 Å². The highest BCUT2D eigenvalue weighted by Gasteiger charge is 2.29. The number of aliphatic hydroxyl groups excluding tert-OH is 1. The number of Topliss-reactive ketones (excluding diaryl/α,β-unsaturated/α-hetero) is 1. The van der Waals surface area contributed by atoms with E-state index >= 15 is 0 Å². The number of nitrogens with zero attached hydrogens (tertiary/aromatic N) is 1. The summed E-state index contributed by atoms with van der Waals surface area (Å²) in [6.07, 6.45) is 1.98. The van der Waals surface area contributed by atoms with E-state index in [0.29, 0.717) is 5.92 Å². The monoisotopic (exact) mass is 261 g/mol. The Labute approximate surface area is 115 Å². The van der Waals surface area contributed by atoms with Crippen LogP contribution in [0.1, 0.15) is 36.2 Å². The predicted molar refractivity (Wildman–Crippen MR) is 76.4 cm³/mol. The Balaban J connectivity index is 2.02.